The third-order valence-corrected chi connectivity index (χ3v) is 8.74. The number of halogens is 1. The van der Waals surface area contributed by atoms with Crippen molar-refractivity contribution in [2.45, 2.75) is 18.0 Å². The highest BCUT2D eigenvalue weighted by Gasteiger charge is 2.71. The molecule has 1 fully saturated rings. The minimum Gasteiger partial charge on any atom is -0.352 e. The van der Waals surface area contributed by atoms with Crippen LogP contribution in [0.4, 0.5) is 5.69 Å². The monoisotopic (exact) mass is 559 g/mol. The lowest BCUT2D eigenvalue weighted by Crippen LogP contribution is -2.48. The van der Waals surface area contributed by atoms with Gasteiger partial charge < -0.3 is 4.90 Å². The fourth-order valence-corrected chi connectivity index (χ4v) is 7.13. The summed E-state index contributed by atoms with van der Waals surface area (Å²) in [6.45, 7) is 0. The number of rotatable bonds is 3. The van der Waals surface area contributed by atoms with E-state index in [-0.39, 0.29) is 17.3 Å². The van der Waals surface area contributed by atoms with Crippen LogP contribution in [0.15, 0.2) is 114 Å². The number of carbonyl (C=O) groups is 3. The number of anilines is 1. The van der Waals surface area contributed by atoms with Crippen molar-refractivity contribution in [1.82, 2.24) is 0 Å². The maximum atomic E-state index is 14.5. The molecule has 3 atom stereocenters. The largest absolute Gasteiger partial charge is 0.352 e. The molecule has 2 aliphatic heterocycles. The van der Waals surface area contributed by atoms with E-state index in [1.54, 1.807) is 36.4 Å². The van der Waals surface area contributed by atoms with E-state index >= 15 is 0 Å². The Morgan fingerprint density at radius 1 is 0.763 bits per heavy atom. The van der Waals surface area contributed by atoms with Gasteiger partial charge in [0.25, 0.3) is 0 Å². The number of nitrogens with zero attached hydrogens (tertiary/aromatic N) is 1. The van der Waals surface area contributed by atoms with Crippen molar-refractivity contribution in [2.75, 3.05) is 4.90 Å². The van der Waals surface area contributed by atoms with Gasteiger partial charge in [0.2, 0.25) is 0 Å². The molecule has 0 aromatic heterocycles. The zero-order chi connectivity index (χ0) is 26.0. The maximum absolute atomic E-state index is 14.5. The molecule has 4 nitrogen and oxygen atoms in total. The molecule has 0 radical (unpaired) electrons. The molecule has 38 heavy (non-hydrogen) atoms. The van der Waals surface area contributed by atoms with E-state index in [9.17, 15) is 14.4 Å². The standard InChI is InChI=1S/C33H22BrNO3/c34-23-16-17-26-22(19-23)15-18-27-33(31(37)24-13-7-8-14-25(24)32(33)38)28(20-9-3-1-4-10-20)29(35(26)27)30(36)21-11-5-2-6-12-21/h1-19,27-29H/t27?,28-,29+/m0/s1. The van der Waals surface area contributed by atoms with Gasteiger partial charge in [-0.15, -0.1) is 0 Å². The molecule has 7 rings (SSSR count). The summed E-state index contributed by atoms with van der Waals surface area (Å²) in [5.74, 6) is -1.22. The van der Waals surface area contributed by atoms with Crippen molar-refractivity contribution < 1.29 is 14.4 Å². The van der Waals surface area contributed by atoms with Crippen molar-refractivity contribution in [3.8, 4) is 0 Å². The van der Waals surface area contributed by atoms with Crippen molar-refractivity contribution in [3.05, 3.63) is 141 Å². The SMILES string of the molecule is O=C(c1ccccc1)[C@H]1[C@H](c2ccccc2)C2(C(=O)c3ccccc3C2=O)C2C=Cc3cc(Br)ccc3N21. The molecule has 0 amide bonds. The van der Waals surface area contributed by atoms with Crippen LogP contribution in [0.2, 0.25) is 0 Å². The molecule has 2 heterocycles. The van der Waals surface area contributed by atoms with Gasteiger partial charge >= 0.3 is 0 Å². The lowest BCUT2D eigenvalue weighted by atomic mass is 9.64. The van der Waals surface area contributed by atoms with Crippen molar-refractivity contribution >= 4 is 45.0 Å². The first kappa shape index (κ1) is 23.1. The summed E-state index contributed by atoms with van der Waals surface area (Å²) in [5.41, 5.74) is 2.52. The molecule has 0 N–H and O–H groups in total. The van der Waals surface area contributed by atoms with Crippen molar-refractivity contribution in [1.29, 1.82) is 0 Å². The quantitative estimate of drug-likeness (QED) is 0.205. The van der Waals surface area contributed by atoms with E-state index in [1.807, 2.05) is 83.8 Å². The second kappa shape index (κ2) is 8.47. The summed E-state index contributed by atoms with van der Waals surface area (Å²) >= 11 is 3.56. The molecule has 1 spiro atoms. The van der Waals surface area contributed by atoms with Gasteiger partial charge in [-0.05, 0) is 29.3 Å². The van der Waals surface area contributed by atoms with E-state index < -0.39 is 23.4 Å². The minimum atomic E-state index is -1.47. The van der Waals surface area contributed by atoms with Crippen LogP contribution in [-0.4, -0.2) is 29.4 Å². The summed E-state index contributed by atoms with van der Waals surface area (Å²) in [6.07, 6.45) is 3.93. The highest BCUT2D eigenvalue weighted by molar-refractivity contribution is 9.10. The van der Waals surface area contributed by atoms with Gasteiger partial charge in [-0.2, -0.15) is 0 Å². The Morgan fingerprint density at radius 3 is 2.03 bits per heavy atom. The fourth-order valence-electron chi connectivity index (χ4n) is 6.75. The van der Waals surface area contributed by atoms with E-state index in [0.717, 1.165) is 21.3 Å². The molecule has 4 aromatic carbocycles. The Bertz CT molecular complexity index is 1630. The summed E-state index contributed by atoms with van der Waals surface area (Å²) in [7, 11) is 0. The predicted molar refractivity (Wildman–Crippen MR) is 151 cm³/mol. The van der Waals surface area contributed by atoms with Gasteiger partial charge in [-0.3, -0.25) is 14.4 Å². The van der Waals surface area contributed by atoms with Crippen LogP contribution in [0.25, 0.3) is 6.08 Å². The number of Topliss-reactive ketones (excluding diaryl/α,β-unsaturated/α-hetero) is 3. The van der Waals surface area contributed by atoms with Gasteiger partial charge in [0, 0.05) is 32.8 Å². The van der Waals surface area contributed by atoms with E-state index in [2.05, 4.69) is 15.9 Å². The van der Waals surface area contributed by atoms with Crippen molar-refractivity contribution in [2.24, 2.45) is 5.41 Å². The normalized spacial score (nSPS) is 22.3. The third kappa shape index (κ3) is 2.99. The number of fused-ring (bicyclic) bond motifs is 5. The summed E-state index contributed by atoms with van der Waals surface area (Å²) in [4.78, 5) is 45.6. The van der Waals surface area contributed by atoms with Gasteiger partial charge in [0.05, 0.1) is 6.04 Å². The molecule has 0 saturated carbocycles. The topological polar surface area (TPSA) is 54.5 Å². The predicted octanol–water partition coefficient (Wildman–Crippen LogP) is 6.77. The second-order valence-corrected chi connectivity index (χ2v) is 11.0. The highest BCUT2D eigenvalue weighted by Crippen LogP contribution is 2.61. The number of hydrogen-bond donors (Lipinski definition) is 0. The van der Waals surface area contributed by atoms with Crippen LogP contribution in [0.3, 0.4) is 0 Å². The fraction of sp³-hybridized carbons (Fsp3) is 0.121. The number of ketones is 3. The van der Waals surface area contributed by atoms with Crippen LogP contribution in [0, 0.1) is 5.41 Å². The van der Waals surface area contributed by atoms with Gasteiger partial charge in [0.15, 0.2) is 17.3 Å². The first-order chi connectivity index (χ1) is 18.5. The second-order valence-electron chi connectivity index (χ2n) is 10.1. The van der Waals surface area contributed by atoms with Crippen LogP contribution >= 0.6 is 15.9 Å². The summed E-state index contributed by atoms with van der Waals surface area (Å²) in [6, 6.07) is 30.4. The maximum Gasteiger partial charge on any atom is 0.185 e. The van der Waals surface area contributed by atoms with E-state index in [1.165, 1.54) is 0 Å². The minimum absolute atomic E-state index is 0.109. The molecule has 4 aromatic rings. The van der Waals surface area contributed by atoms with Gasteiger partial charge in [0.1, 0.15) is 11.5 Å². The number of carbonyl (C=O) groups excluding carboxylic acids is 3. The molecule has 0 bridgehead atoms. The van der Waals surface area contributed by atoms with Gasteiger partial charge in [-0.25, -0.2) is 0 Å². The Balaban J connectivity index is 1.55. The zero-order valence-electron chi connectivity index (χ0n) is 20.3. The molecule has 1 saturated heterocycles. The molecular weight excluding hydrogens is 538 g/mol. The summed E-state index contributed by atoms with van der Waals surface area (Å²) in [5, 5.41) is 0. The molecule has 184 valence electrons. The first-order valence-electron chi connectivity index (χ1n) is 12.6. The third-order valence-electron chi connectivity index (χ3n) is 8.25. The Labute approximate surface area is 228 Å². The average Bonchev–Trinajstić information content (AvgIpc) is 3.39. The van der Waals surface area contributed by atoms with Crippen LogP contribution in [0.1, 0.15) is 48.1 Å². The number of benzene rings is 4. The van der Waals surface area contributed by atoms with Crippen LogP contribution in [-0.2, 0) is 0 Å². The Morgan fingerprint density at radius 2 is 1.37 bits per heavy atom. The molecule has 3 aliphatic rings. The molecule has 1 aliphatic carbocycles. The van der Waals surface area contributed by atoms with E-state index in [4.69, 9.17) is 0 Å². The highest BCUT2D eigenvalue weighted by atomic mass is 79.9. The first-order valence-corrected chi connectivity index (χ1v) is 13.4. The number of hydrogen-bond acceptors (Lipinski definition) is 4. The van der Waals surface area contributed by atoms with Crippen LogP contribution in [0.5, 0.6) is 0 Å². The zero-order valence-corrected chi connectivity index (χ0v) is 21.8. The Kier molecular flexibility index (Phi) is 5.14. The smallest absolute Gasteiger partial charge is 0.185 e. The lowest BCUT2D eigenvalue weighted by molar-refractivity contribution is 0.0666. The van der Waals surface area contributed by atoms with Gasteiger partial charge in [-0.1, -0.05) is 113 Å². The van der Waals surface area contributed by atoms with E-state index in [0.29, 0.717) is 16.7 Å². The van der Waals surface area contributed by atoms with Crippen molar-refractivity contribution in [3.63, 3.8) is 0 Å². The molecule has 1 unspecified atom stereocenters. The summed E-state index contributed by atoms with van der Waals surface area (Å²) < 4.78 is 0.916. The molecule has 5 heteroatoms. The van der Waals surface area contributed by atoms with Crippen LogP contribution < -0.4 is 4.90 Å². The lowest BCUT2D eigenvalue weighted by Gasteiger charge is -2.37. The average molecular weight is 560 g/mol. The molecular formula is C33H22BrNO3. The Hall–Kier alpha value is -4.09.